The van der Waals surface area contributed by atoms with Gasteiger partial charge in [0.15, 0.2) is 0 Å². The van der Waals surface area contributed by atoms with Crippen molar-refractivity contribution in [1.82, 2.24) is 14.5 Å². The summed E-state index contributed by atoms with van der Waals surface area (Å²) in [7, 11) is 1.97. The Balaban J connectivity index is 1.46. The molecular formula is C30H36N4O2. The van der Waals surface area contributed by atoms with Crippen LogP contribution in [0.5, 0.6) is 5.75 Å². The quantitative estimate of drug-likeness (QED) is 0.237. The Morgan fingerprint density at radius 2 is 1.64 bits per heavy atom. The fourth-order valence-electron chi connectivity index (χ4n) is 4.13. The van der Waals surface area contributed by atoms with E-state index in [4.69, 9.17) is 9.72 Å². The molecule has 1 aromatic heterocycles. The van der Waals surface area contributed by atoms with Crippen LogP contribution in [0.1, 0.15) is 55.5 Å². The highest BCUT2D eigenvalue weighted by atomic mass is 16.5. The Kier molecular flexibility index (Phi) is 8.61. The summed E-state index contributed by atoms with van der Waals surface area (Å²) >= 11 is 0. The maximum atomic E-state index is 13.3. The third kappa shape index (κ3) is 6.25. The predicted octanol–water partition coefficient (Wildman–Crippen LogP) is 6.94. The van der Waals surface area contributed by atoms with Crippen LogP contribution in [0.2, 0.25) is 0 Å². The largest absolute Gasteiger partial charge is 0.489 e. The van der Waals surface area contributed by atoms with E-state index in [1.807, 2.05) is 77.2 Å². The number of hydrogen-bond acceptors (Lipinski definition) is 4. The summed E-state index contributed by atoms with van der Waals surface area (Å²) in [5.74, 6) is 1.63. The van der Waals surface area contributed by atoms with Gasteiger partial charge in [-0.15, -0.1) is 0 Å². The van der Waals surface area contributed by atoms with Gasteiger partial charge in [0.05, 0.1) is 11.0 Å². The molecule has 1 heterocycles. The molecule has 0 atom stereocenters. The zero-order chi connectivity index (χ0) is 25.3. The average molecular weight is 485 g/mol. The summed E-state index contributed by atoms with van der Waals surface area (Å²) in [6.07, 6.45) is 4.19. The third-order valence-corrected chi connectivity index (χ3v) is 6.34. The van der Waals surface area contributed by atoms with Crippen molar-refractivity contribution in [1.29, 1.82) is 0 Å². The Labute approximate surface area is 213 Å². The van der Waals surface area contributed by atoms with Gasteiger partial charge in [-0.3, -0.25) is 4.79 Å². The molecule has 1 N–H and O–H groups in total. The second-order valence-corrected chi connectivity index (χ2v) is 9.12. The van der Waals surface area contributed by atoms with Crippen molar-refractivity contribution in [3.8, 4) is 5.75 Å². The molecule has 0 aliphatic carbocycles. The summed E-state index contributed by atoms with van der Waals surface area (Å²) in [6.45, 7) is 6.45. The normalized spacial score (nSPS) is 11.0. The molecule has 4 aromatic rings. The first kappa shape index (κ1) is 25.3. The van der Waals surface area contributed by atoms with Gasteiger partial charge in [0.1, 0.15) is 12.4 Å². The molecule has 0 spiro atoms. The highest BCUT2D eigenvalue weighted by molar-refractivity contribution is 5.97. The number of aromatic nitrogens is 2. The highest BCUT2D eigenvalue weighted by Gasteiger charge is 2.17. The molecule has 6 nitrogen and oxygen atoms in total. The van der Waals surface area contributed by atoms with Gasteiger partial charge in [-0.05, 0) is 60.9 Å². The molecule has 3 aromatic carbocycles. The molecule has 4 rings (SSSR count). The van der Waals surface area contributed by atoms with Crippen molar-refractivity contribution >= 4 is 28.6 Å². The van der Waals surface area contributed by atoms with E-state index < -0.39 is 0 Å². The zero-order valence-electron chi connectivity index (χ0n) is 21.5. The first-order valence-electron chi connectivity index (χ1n) is 12.9. The minimum absolute atomic E-state index is 0.0978. The monoisotopic (exact) mass is 484 g/mol. The van der Waals surface area contributed by atoms with E-state index in [-0.39, 0.29) is 5.91 Å². The first-order chi connectivity index (χ1) is 17.6. The molecule has 0 radical (unpaired) electrons. The van der Waals surface area contributed by atoms with Crippen LogP contribution in [0.3, 0.4) is 0 Å². The summed E-state index contributed by atoms with van der Waals surface area (Å²) in [6, 6.07) is 23.8. The van der Waals surface area contributed by atoms with Crippen molar-refractivity contribution in [3.63, 3.8) is 0 Å². The number of benzene rings is 3. The van der Waals surface area contributed by atoms with Gasteiger partial charge in [-0.1, -0.05) is 57.0 Å². The van der Waals surface area contributed by atoms with Crippen LogP contribution in [0.25, 0.3) is 11.0 Å². The predicted molar refractivity (Wildman–Crippen MR) is 147 cm³/mol. The van der Waals surface area contributed by atoms with E-state index in [9.17, 15) is 4.79 Å². The molecular weight excluding hydrogens is 448 g/mol. The zero-order valence-corrected chi connectivity index (χ0v) is 21.5. The van der Waals surface area contributed by atoms with E-state index in [1.54, 1.807) is 0 Å². The number of unbranched alkanes of at least 4 members (excludes halogenated alkanes) is 2. The second-order valence-electron chi connectivity index (χ2n) is 9.12. The number of fused-ring (bicyclic) bond motifs is 1. The Hall–Kier alpha value is -3.80. The average Bonchev–Trinajstić information content (AvgIpc) is 3.22. The minimum atomic E-state index is 0.0978. The van der Waals surface area contributed by atoms with Crippen LogP contribution in [0.4, 0.5) is 11.6 Å². The minimum Gasteiger partial charge on any atom is -0.489 e. The van der Waals surface area contributed by atoms with Crippen molar-refractivity contribution in [2.75, 3.05) is 18.4 Å². The van der Waals surface area contributed by atoms with Crippen LogP contribution in [0.15, 0.2) is 72.8 Å². The van der Waals surface area contributed by atoms with Gasteiger partial charge in [0.25, 0.3) is 5.91 Å². The van der Waals surface area contributed by atoms with Gasteiger partial charge in [-0.2, -0.15) is 0 Å². The maximum Gasteiger partial charge on any atom is 0.253 e. The lowest BCUT2D eigenvalue weighted by Gasteiger charge is -2.22. The Morgan fingerprint density at radius 3 is 2.31 bits per heavy atom. The molecule has 0 saturated carbocycles. The number of aryl methyl sites for hydroxylation is 1. The van der Waals surface area contributed by atoms with E-state index in [0.717, 1.165) is 72.8 Å². The van der Waals surface area contributed by atoms with Gasteiger partial charge in [-0.25, -0.2) is 4.98 Å². The van der Waals surface area contributed by atoms with Crippen LogP contribution in [0, 0.1) is 0 Å². The highest BCUT2D eigenvalue weighted by Crippen LogP contribution is 2.25. The lowest BCUT2D eigenvalue weighted by molar-refractivity contribution is 0.0751. The Morgan fingerprint density at radius 1 is 0.944 bits per heavy atom. The number of ether oxygens (including phenoxy) is 1. The van der Waals surface area contributed by atoms with Crippen LogP contribution in [-0.4, -0.2) is 33.4 Å². The number of carbonyl (C=O) groups is 1. The topological polar surface area (TPSA) is 59.4 Å². The van der Waals surface area contributed by atoms with Crippen LogP contribution in [-0.2, 0) is 13.7 Å². The SMILES string of the molecule is CCCCN(CCCC)C(=O)c1ccc2nc(Nc3ccc(OCc4ccccc4)cc3)n(C)c2c1. The molecule has 0 fully saturated rings. The maximum absolute atomic E-state index is 13.3. The number of imidazole rings is 1. The fraction of sp³-hybridized carbons (Fsp3) is 0.333. The van der Waals surface area contributed by atoms with Gasteiger partial charge >= 0.3 is 0 Å². The summed E-state index contributed by atoms with van der Waals surface area (Å²) in [5.41, 5.74) is 4.55. The van der Waals surface area contributed by atoms with Gasteiger partial charge < -0.3 is 19.5 Å². The molecule has 0 saturated heterocycles. The Bertz CT molecular complexity index is 1260. The third-order valence-electron chi connectivity index (χ3n) is 6.34. The number of nitrogens with one attached hydrogen (secondary N) is 1. The van der Waals surface area contributed by atoms with Crippen molar-refractivity contribution in [2.24, 2.45) is 7.05 Å². The second kappa shape index (κ2) is 12.2. The van der Waals surface area contributed by atoms with Crippen molar-refractivity contribution in [2.45, 2.75) is 46.1 Å². The smallest absolute Gasteiger partial charge is 0.253 e. The molecule has 0 unspecified atom stereocenters. The standard InChI is InChI=1S/C30H36N4O2/c1-4-6-19-34(20-7-5-2)29(35)24-13-18-27-28(21-24)33(3)30(32-27)31-25-14-16-26(17-15-25)36-22-23-11-9-8-10-12-23/h8-18,21H,4-7,19-20,22H2,1-3H3,(H,31,32). The molecule has 0 aliphatic heterocycles. The number of amides is 1. The van der Waals surface area contributed by atoms with Crippen molar-refractivity contribution < 1.29 is 9.53 Å². The summed E-state index contributed by atoms with van der Waals surface area (Å²) < 4.78 is 7.88. The van der Waals surface area contributed by atoms with E-state index in [1.165, 1.54) is 0 Å². The summed E-state index contributed by atoms with van der Waals surface area (Å²) in [4.78, 5) is 20.0. The number of anilines is 2. The first-order valence-corrected chi connectivity index (χ1v) is 12.9. The molecule has 36 heavy (non-hydrogen) atoms. The number of rotatable bonds is 12. The van der Waals surface area contributed by atoms with Crippen molar-refractivity contribution in [3.05, 3.63) is 83.9 Å². The number of hydrogen-bond donors (Lipinski definition) is 1. The van der Waals surface area contributed by atoms with E-state index >= 15 is 0 Å². The molecule has 0 bridgehead atoms. The lowest BCUT2D eigenvalue weighted by atomic mass is 10.1. The molecule has 1 amide bonds. The van der Waals surface area contributed by atoms with Crippen LogP contribution < -0.4 is 10.1 Å². The lowest BCUT2D eigenvalue weighted by Crippen LogP contribution is -2.32. The van der Waals surface area contributed by atoms with Gasteiger partial charge in [0, 0.05) is 31.4 Å². The molecule has 6 heteroatoms. The molecule has 0 aliphatic rings. The molecule has 188 valence electrons. The summed E-state index contributed by atoms with van der Waals surface area (Å²) in [5, 5.41) is 3.39. The van der Waals surface area contributed by atoms with Gasteiger partial charge in [0.2, 0.25) is 5.95 Å². The number of carbonyl (C=O) groups excluding carboxylic acids is 1. The van der Waals surface area contributed by atoms with E-state index in [2.05, 4.69) is 31.3 Å². The van der Waals surface area contributed by atoms with Crippen LogP contribution >= 0.6 is 0 Å². The van der Waals surface area contributed by atoms with E-state index in [0.29, 0.717) is 12.2 Å². The number of nitrogens with zero attached hydrogens (tertiary/aromatic N) is 3. The fourth-order valence-corrected chi connectivity index (χ4v) is 4.13.